The van der Waals surface area contributed by atoms with Crippen LogP contribution in [-0.4, -0.2) is 0 Å². The van der Waals surface area contributed by atoms with E-state index in [4.69, 9.17) is 5.26 Å². The molecule has 0 aromatic rings. The Morgan fingerprint density at radius 3 is 2.64 bits per heavy atom. The highest BCUT2D eigenvalue weighted by molar-refractivity contribution is 8.06. The van der Waals surface area contributed by atoms with Gasteiger partial charge >= 0.3 is 0 Å². The molecule has 58 valence electrons. The molecule has 1 aliphatic rings. The predicted octanol–water partition coefficient (Wildman–Crippen LogP) is 3.07. The number of hydrogen-bond donors (Lipinski definition) is 0. The van der Waals surface area contributed by atoms with Crippen LogP contribution in [0.25, 0.3) is 0 Å². The zero-order valence-corrected chi connectivity index (χ0v) is 7.83. The first-order valence-corrected chi connectivity index (χ1v) is 4.41. The smallest absolute Gasteiger partial charge is 0.106 e. The first-order chi connectivity index (χ1) is 5.06. The van der Waals surface area contributed by atoms with Gasteiger partial charge in [-0.3, -0.25) is 0 Å². The number of nitrogens with zero attached hydrogens (tertiary/aromatic N) is 1. The third kappa shape index (κ3) is 1.66. The molecule has 11 heavy (non-hydrogen) atoms. The van der Waals surface area contributed by atoms with Gasteiger partial charge < -0.3 is 0 Å². The molecular formula is C9H11NS. The van der Waals surface area contributed by atoms with E-state index < -0.39 is 0 Å². The molecular weight excluding hydrogens is 154 g/mol. The molecule has 0 bridgehead atoms. The number of nitriles is 1. The van der Waals surface area contributed by atoms with Crippen molar-refractivity contribution in [3.63, 3.8) is 0 Å². The van der Waals surface area contributed by atoms with Gasteiger partial charge in [-0.15, -0.1) is 0 Å². The van der Waals surface area contributed by atoms with E-state index in [9.17, 15) is 0 Å². The number of allylic oxidation sites excluding steroid dienone is 3. The molecule has 0 radical (unpaired) electrons. The summed E-state index contributed by atoms with van der Waals surface area (Å²) in [5.41, 5.74) is 1.39. The van der Waals surface area contributed by atoms with Gasteiger partial charge in [0.2, 0.25) is 0 Å². The maximum absolute atomic E-state index is 8.64. The summed E-state index contributed by atoms with van der Waals surface area (Å²) in [4.78, 5) is 0.806. The quantitative estimate of drug-likeness (QED) is 0.550. The topological polar surface area (TPSA) is 23.8 Å². The molecule has 1 nitrogen and oxygen atoms in total. The first-order valence-electron chi connectivity index (χ1n) is 3.53. The van der Waals surface area contributed by atoms with Gasteiger partial charge in [0.25, 0.3) is 0 Å². The van der Waals surface area contributed by atoms with Crippen molar-refractivity contribution in [3.05, 3.63) is 22.0 Å². The summed E-state index contributed by atoms with van der Waals surface area (Å²) >= 11 is 1.51. The molecule has 0 saturated carbocycles. The molecule has 0 aliphatic carbocycles. The van der Waals surface area contributed by atoms with E-state index in [0.29, 0.717) is 0 Å². The minimum atomic E-state index is 0.0658. The lowest BCUT2D eigenvalue weighted by molar-refractivity contribution is 0.579. The van der Waals surface area contributed by atoms with Gasteiger partial charge in [0.1, 0.15) is 6.07 Å². The third-order valence-corrected chi connectivity index (χ3v) is 2.92. The second-order valence-corrected chi connectivity index (χ2v) is 4.17. The van der Waals surface area contributed by atoms with Crippen LogP contribution in [0.1, 0.15) is 20.8 Å². The van der Waals surface area contributed by atoms with E-state index in [2.05, 4.69) is 32.2 Å². The summed E-state index contributed by atoms with van der Waals surface area (Å²) in [6.45, 7) is 6.34. The Morgan fingerprint density at radius 1 is 1.55 bits per heavy atom. The highest BCUT2D eigenvalue weighted by Crippen LogP contribution is 2.38. The fourth-order valence-electron chi connectivity index (χ4n) is 0.838. The van der Waals surface area contributed by atoms with Crippen molar-refractivity contribution in [3.8, 4) is 6.07 Å². The number of hydrogen-bond acceptors (Lipinski definition) is 2. The first kappa shape index (κ1) is 8.42. The maximum atomic E-state index is 8.64. The minimum Gasteiger partial charge on any atom is -0.192 e. The van der Waals surface area contributed by atoms with Crippen LogP contribution in [-0.2, 0) is 0 Å². The van der Waals surface area contributed by atoms with Gasteiger partial charge in [0.15, 0.2) is 0 Å². The average Bonchev–Trinajstić information content (AvgIpc) is 1.95. The monoisotopic (exact) mass is 165 g/mol. The molecule has 1 heterocycles. The summed E-state index contributed by atoms with van der Waals surface area (Å²) < 4.78 is 0. The zero-order chi connectivity index (χ0) is 8.48. The van der Waals surface area contributed by atoms with Crippen molar-refractivity contribution in [2.75, 3.05) is 0 Å². The Balaban J connectivity index is 2.96. The second-order valence-electron chi connectivity index (χ2n) is 3.26. The standard InChI is InChI=1S/C9H11NS/c1-7-6-11-8(5-10)4-9(7,2)3/h4,6H,1-3H3. The fraction of sp³-hybridized carbons (Fsp3) is 0.444. The lowest BCUT2D eigenvalue weighted by Crippen LogP contribution is -2.11. The highest BCUT2D eigenvalue weighted by atomic mass is 32.2. The summed E-state index contributed by atoms with van der Waals surface area (Å²) in [6.07, 6.45) is 2.02. The van der Waals surface area contributed by atoms with E-state index in [1.807, 2.05) is 6.08 Å². The second kappa shape index (κ2) is 2.75. The van der Waals surface area contributed by atoms with Crippen LogP contribution in [0.4, 0.5) is 0 Å². The summed E-state index contributed by atoms with van der Waals surface area (Å²) in [7, 11) is 0. The molecule has 0 amide bonds. The number of rotatable bonds is 0. The summed E-state index contributed by atoms with van der Waals surface area (Å²) in [5.74, 6) is 0. The maximum Gasteiger partial charge on any atom is 0.106 e. The van der Waals surface area contributed by atoms with Crippen LogP contribution in [0.15, 0.2) is 22.0 Å². The van der Waals surface area contributed by atoms with E-state index in [1.54, 1.807) is 0 Å². The molecule has 0 aromatic carbocycles. The Kier molecular flexibility index (Phi) is 2.10. The van der Waals surface area contributed by atoms with Crippen molar-refractivity contribution < 1.29 is 0 Å². The Morgan fingerprint density at radius 2 is 2.18 bits per heavy atom. The van der Waals surface area contributed by atoms with E-state index in [1.165, 1.54) is 17.3 Å². The average molecular weight is 165 g/mol. The van der Waals surface area contributed by atoms with Crippen LogP contribution in [0.3, 0.4) is 0 Å². The SMILES string of the molecule is CC1=CSC(C#N)=CC1(C)C. The van der Waals surface area contributed by atoms with Gasteiger partial charge in [-0.25, -0.2) is 0 Å². The number of thioether (sulfide) groups is 1. The normalized spacial score (nSPS) is 21.6. The molecule has 0 N–H and O–H groups in total. The highest BCUT2D eigenvalue weighted by Gasteiger charge is 2.21. The van der Waals surface area contributed by atoms with Gasteiger partial charge in [0, 0.05) is 5.41 Å². The molecule has 0 unspecified atom stereocenters. The summed E-state index contributed by atoms with van der Waals surface area (Å²) in [5, 5.41) is 10.7. The fourth-order valence-corrected chi connectivity index (χ4v) is 1.86. The Labute approximate surface area is 71.8 Å². The third-order valence-electron chi connectivity index (χ3n) is 1.98. The molecule has 0 aromatic heterocycles. The molecule has 2 heteroatoms. The Bertz CT molecular complexity index is 266. The van der Waals surface area contributed by atoms with E-state index in [0.717, 1.165) is 4.91 Å². The minimum absolute atomic E-state index is 0.0658. The van der Waals surface area contributed by atoms with Crippen LogP contribution in [0.5, 0.6) is 0 Å². The van der Waals surface area contributed by atoms with Gasteiger partial charge in [-0.1, -0.05) is 37.3 Å². The van der Waals surface area contributed by atoms with Crippen LogP contribution < -0.4 is 0 Å². The van der Waals surface area contributed by atoms with Crippen LogP contribution in [0, 0.1) is 16.7 Å². The van der Waals surface area contributed by atoms with Crippen molar-refractivity contribution in [2.24, 2.45) is 5.41 Å². The molecule has 1 aliphatic heterocycles. The van der Waals surface area contributed by atoms with Crippen molar-refractivity contribution in [2.45, 2.75) is 20.8 Å². The molecule has 0 atom stereocenters. The zero-order valence-electron chi connectivity index (χ0n) is 7.01. The van der Waals surface area contributed by atoms with E-state index >= 15 is 0 Å². The van der Waals surface area contributed by atoms with Gasteiger partial charge in [0.05, 0.1) is 4.91 Å². The molecule has 0 saturated heterocycles. The lowest BCUT2D eigenvalue weighted by Gasteiger charge is -2.24. The van der Waals surface area contributed by atoms with E-state index in [-0.39, 0.29) is 5.41 Å². The van der Waals surface area contributed by atoms with Crippen molar-refractivity contribution >= 4 is 11.8 Å². The lowest BCUT2D eigenvalue weighted by atomic mass is 9.85. The Hall–Kier alpha value is -0.680. The van der Waals surface area contributed by atoms with Crippen molar-refractivity contribution in [1.82, 2.24) is 0 Å². The molecule has 1 rings (SSSR count). The van der Waals surface area contributed by atoms with Crippen LogP contribution >= 0.6 is 11.8 Å². The van der Waals surface area contributed by atoms with Crippen LogP contribution in [0.2, 0.25) is 0 Å². The summed E-state index contributed by atoms with van der Waals surface area (Å²) in [6, 6.07) is 2.16. The van der Waals surface area contributed by atoms with Crippen molar-refractivity contribution in [1.29, 1.82) is 5.26 Å². The molecule has 0 fully saturated rings. The largest absolute Gasteiger partial charge is 0.192 e. The molecule has 0 spiro atoms. The van der Waals surface area contributed by atoms with Gasteiger partial charge in [-0.2, -0.15) is 5.26 Å². The predicted molar refractivity (Wildman–Crippen MR) is 48.8 cm³/mol. The van der Waals surface area contributed by atoms with Gasteiger partial charge in [-0.05, 0) is 12.3 Å².